The maximum atomic E-state index is 14.3. The number of halogens is 2. The number of piperidine rings is 1. The third kappa shape index (κ3) is 8.14. The van der Waals surface area contributed by atoms with Crippen LogP contribution in [0.5, 0.6) is 0 Å². The Morgan fingerprint density at radius 2 is 1.81 bits per heavy atom. The lowest BCUT2D eigenvalue weighted by molar-refractivity contribution is -0.135. The van der Waals surface area contributed by atoms with E-state index >= 15 is 0 Å². The van der Waals surface area contributed by atoms with Gasteiger partial charge >= 0.3 is 5.69 Å². The molecule has 8 heterocycles. The van der Waals surface area contributed by atoms with Crippen molar-refractivity contribution in [3.63, 3.8) is 0 Å². The molecular weight excluding hydrogens is 815 g/mol. The number of para-hydroxylation sites is 1. The van der Waals surface area contributed by atoms with Crippen LogP contribution in [0.25, 0.3) is 16.7 Å². The highest BCUT2D eigenvalue weighted by Gasteiger charge is 2.40. The van der Waals surface area contributed by atoms with Gasteiger partial charge in [-0.05, 0) is 87.9 Å². The standard InChI is InChI=1S/C44H54F2N12O5/c1-52-39-28(6-4-7-34(39)58(44(52)62)35-12-13-37(59)50-43(35)61)5-2-3-15-53-17-19-54(20-18-53)23-27-8-10-29(11-9-27)57-25-33(38(51-57)40(45)46)48-42(60)32-22-47-56-16-14-36(49-41(32)56)55-24-31-21-30(55)26-63-31/h4,6-7,14,16,22,25,27,29-31,35,40H,2-3,5,8-13,15,17-21,23-24,26H2,1H3,(H,48,60)(H,50,59,61)/t27?,29?,30-,31-,35?/m1/s1. The van der Waals surface area contributed by atoms with Crippen molar-refractivity contribution in [2.45, 2.75) is 94.9 Å². The minimum Gasteiger partial charge on any atom is -0.374 e. The summed E-state index contributed by atoms with van der Waals surface area (Å²) in [6.07, 6.45) is 9.98. The first-order valence-corrected chi connectivity index (χ1v) is 22.5. The fraction of sp³-hybridized carbons (Fsp3) is 0.568. The average molecular weight is 869 g/mol. The number of fused-ring (bicyclic) bond motifs is 4. The second kappa shape index (κ2) is 17.2. The largest absolute Gasteiger partial charge is 0.374 e. The van der Waals surface area contributed by atoms with Crippen LogP contribution in [0.3, 0.4) is 0 Å². The number of hydrogen-bond donors (Lipinski definition) is 2. The molecule has 1 aliphatic carbocycles. The molecule has 4 saturated heterocycles. The van der Waals surface area contributed by atoms with E-state index in [1.165, 1.54) is 10.7 Å². The molecule has 0 spiro atoms. The molecule has 1 aromatic carbocycles. The Bertz CT molecular complexity index is 2590. The maximum absolute atomic E-state index is 14.3. The van der Waals surface area contributed by atoms with E-state index in [0.29, 0.717) is 24.6 Å². The van der Waals surface area contributed by atoms with Gasteiger partial charge in [-0.1, -0.05) is 12.1 Å². The number of rotatable bonds is 13. The van der Waals surface area contributed by atoms with Crippen molar-refractivity contribution in [1.82, 2.24) is 48.6 Å². The zero-order valence-corrected chi connectivity index (χ0v) is 35.5. The smallest absolute Gasteiger partial charge is 0.329 e. The summed E-state index contributed by atoms with van der Waals surface area (Å²) in [4.78, 5) is 63.2. The second-order valence-corrected chi connectivity index (χ2v) is 18.0. The number of aromatic nitrogens is 7. The van der Waals surface area contributed by atoms with Gasteiger partial charge in [0.1, 0.15) is 17.4 Å². The number of morpholine rings is 1. The van der Waals surface area contributed by atoms with E-state index in [0.717, 1.165) is 120 Å². The molecule has 1 unspecified atom stereocenters. The number of imide groups is 1. The number of nitrogens with zero attached hydrogens (tertiary/aromatic N) is 10. The van der Waals surface area contributed by atoms with Crippen LogP contribution in [0.2, 0.25) is 0 Å². The Balaban J connectivity index is 0.682. The number of carbonyl (C=O) groups is 3. The molecular formula is C44H54F2N12O5. The first kappa shape index (κ1) is 41.5. The molecule has 3 atom stereocenters. The molecule has 4 aromatic heterocycles. The summed E-state index contributed by atoms with van der Waals surface area (Å²) >= 11 is 0. The highest BCUT2D eigenvalue weighted by Crippen LogP contribution is 2.36. The van der Waals surface area contributed by atoms with E-state index in [-0.39, 0.29) is 47.5 Å². The van der Waals surface area contributed by atoms with E-state index < -0.39 is 30.0 Å². The Morgan fingerprint density at radius 3 is 2.56 bits per heavy atom. The molecule has 17 nitrogen and oxygen atoms in total. The average Bonchev–Trinajstić information content (AvgIpc) is 4.13. The van der Waals surface area contributed by atoms with Gasteiger partial charge in [-0.2, -0.15) is 10.2 Å². The molecule has 10 rings (SSSR count). The summed E-state index contributed by atoms with van der Waals surface area (Å²) in [5.74, 6) is -0.0287. The van der Waals surface area contributed by atoms with Crippen LogP contribution < -0.4 is 21.2 Å². The molecule has 3 amide bonds. The van der Waals surface area contributed by atoms with Crippen molar-refractivity contribution in [3.8, 4) is 0 Å². The number of hydrogen-bond acceptors (Lipinski definition) is 11. The predicted octanol–water partition coefficient (Wildman–Crippen LogP) is 4.10. The Kier molecular flexibility index (Phi) is 11.3. The molecule has 1 saturated carbocycles. The number of carbonyl (C=O) groups excluding carboxylic acids is 3. The zero-order valence-electron chi connectivity index (χ0n) is 35.5. The van der Waals surface area contributed by atoms with Gasteiger partial charge < -0.3 is 24.8 Å². The van der Waals surface area contributed by atoms with Crippen molar-refractivity contribution < 1.29 is 27.9 Å². The first-order valence-electron chi connectivity index (χ1n) is 22.5. The topological polar surface area (TPSA) is 169 Å². The SMILES string of the molecule is Cn1c(=O)n(C2CCC(=O)NC2=O)c2cccc(CCCCN3CCN(CC4CCC(n5cc(NC(=O)c6cnn7ccc(N8C[C@H]9C[C@@H]8CO9)nc67)c(C(F)F)n5)CC4)CC3)c21. The minimum atomic E-state index is -2.85. The highest BCUT2D eigenvalue weighted by molar-refractivity contribution is 6.08. The third-order valence-corrected chi connectivity index (χ3v) is 14.1. The number of piperazine rings is 1. The highest BCUT2D eigenvalue weighted by atomic mass is 19.3. The zero-order chi connectivity index (χ0) is 43.4. The van der Waals surface area contributed by atoms with Crippen LogP contribution in [0.4, 0.5) is 20.3 Å². The number of aryl methyl sites for hydroxylation is 2. The van der Waals surface area contributed by atoms with E-state index in [1.54, 1.807) is 33.3 Å². The van der Waals surface area contributed by atoms with Gasteiger partial charge in [-0.25, -0.2) is 23.1 Å². The monoisotopic (exact) mass is 868 g/mol. The third-order valence-electron chi connectivity index (χ3n) is 14.1. The van der Waals surface area contributed by atoms with Crippen molar-refractivity contribution in [2.24, 2.45) is 13.0 Å². The Morgan fingerprint density at radius 1 is 1.00 bits per heavy atom. The molecule has 2 bridgehead atoms. The van der Waals surface area contributed by atoms with Crippen LogP contribution >= 0.6 is 0 Å². The summed E-state index contributed by atoms with van der Waals surface area (Å²) < 4.78 is 40.7. The van der Waals surface area contributed by atoms with Crippen molar-refractivity contribution in [3.05, 3.63) is 70.2 Å². The lowest BCUT2D eigenvalue weighted by Gasteiger charge is -2.38. The molecule has 0 radical (unpaired) electrons. The number of imidazole rings is 1. The molecule has 63 heavy (non-hydrogen) atoms. The number of unbranched alkanes of at least 4 members (excludes halogenated alkanes) is 1. The molecule has 5 aliphatic rings. The lowest BCUT2D eigenvalue weighted by Crippen LogP contribution is -2.48. The van der Waals surface area contributed by atoms with Crippen LogP contribution in [0.1, 0.15) is 97.9 Å². The Hall–Kier alpha value is -5.53. The maximum Gasteiger partial charge on any atom is 0.329 e. The van der Waals surface area contributed by atoms with Gasteiger partial charge in [0.2, 0.25) is 11.8 Å². The number of amides is 3. The van der Waals surface area contributed by atoms with Gasteiger partial charge in [0, 0.05) is 65.1 Å². The predicted molar refractivity (Wildman–Crippen MR) is 229 cm³/mol. The van der Waals surface area contributed by atoms with Gasteiger partial charge in [-0.15, -0.1) is 0 Å². The molecule has 2 N–H and O–H groups in total. The van der Waals surface area contributed by atoms with E-state index in [1.807, 2.05) is 18.2 Å². The van der Waals surface area contributed by atoms with Gasteiger partial charge in [0.05, 0.1) is 47.7 Å². The van der Waals surface area contributed by atoms with Crippen LogP contribution in [0.15, 0.2) is 47.7 Å². The molecule has 334 valence electrons. The van der Waals surface area contributed by atoms with Gasteiger partial charge in [0.15, 0.2) is 11.3 Å². The van der Waals surface area contributed by atoms with Crippen LogP contribution in [-0.2, 0) is 27.8 Å². The summed E-state index contributed by atoms with van der Waals surface area (Å²) in [7, 11) is 1.75. The van der Waals surface area contributed by atoms with Crippen molar-refractivity contribution >= 4 is 45.9 Å². The van der Waals surface area contributed by atoms with Gasteiger partial charge in [-0.3, -0.25) is 33.5 Å². The summed E-state index contributed by atoms with van der Waals surface area (Å²) in [6, 6.07) is 7.28. The van der Waals surface area contributed by atoms with Crippen LogP contribution in [0, 0.1) is 5.92 Å². The van der Waals surface area contributed by atoms with Crippen molar-refractivity contribution in [2.75, 3.05) is 62.6 Å². The molecule has 19 heteroatoms. The number of benzene rings is 1. The fourth-order valence-corrected chi connectivity index (χ4v) is 10.7. The summed E-state index contributed by atoms with van der Waals surface area (Å²) in [5, 5.41) is 13.7. The number of anilines is 2. The summed E-state index contributed by atoms with van der Waals surface area (Å²) in [5.41, 5.74) is 2.54. The normalized spacial score (nSPS) is 24.6. The van der Waals surface area contributed by atoms with E-state index in [2.05, 4.69) is 41.6 Å². The molecule has 4 aliphatic heterocycles. The van der Waals surface area contributed by atoms with E-state index in [9.17, 15) is 28.0 Å². The number of nitrogens with one attached hydrogen (secondary N) is 2. The first-order chi connectivity index (χ1) is 30.6. The fourth-order valence-electron chi connectivity index (χ4n) is 10.7. The van der Waals surface area contributed by atoms with Crippen molar-refractivity contribution in [1.29, 1.82) is 0 Å². The summed E-state index contributed by atoms with van der Waals surface area (Å²) in [6.45, 7) is 7.44. The number of ether oxygens (including phenoxy) is 1. The Labute approximate surface area is 362 Å². The number of alkyl halides is 2. The lowest BCUT2D eigenvalue weighted by atomic mass is 9.85. The molecule has 5 fully saturated rings. The molecule has 5 aromatic rings. The minimum absolute atomic E-state index is 0.00513. The van der Waals surface area contributed by atoms with E-state index in [4.69, 9.17) is 9.72 Å². The van der Waals surface area contributed by atoms with Crippen LogP contribution in [-0.4, -0.2) is 126 Å². The quantitative estimate of drug-likeness (QED) is 0.129. The van der Waals surface area contributed by atoms with Gasteiger partial charge in [0.25, 0.3) is 12.3 Å². The second-order valence-electron chi connectivity index (χ2n) is 18.0.